The van der Waals surface area contributed by atoms with Gasteiger partial charge < -0.3 is 30.0 Å². The normalized spacial score (nSPS) is 11.5. The molecule has 0 spiro atoms. The lowest BCUT2D eigenvalue weighted by Gasteiger charge is -2.17. The third-order valence-corrected chi connectivity index (χ3v) is 9.84. The van der Waals surface area contributed by atoms with Gasteiger partial charge in [-0.15, -0.1) is 0 Å². The molecule has 0 saturated carbocycles. The lowest BCUT2D eigenvalue weighted by molar-refractivity contribution is -0.141. The molecule has 326 valence electrons. The molecule has 8 aromatic rings. The van der Waals surface area contributed by atoms with Crippen molar-refractivity contribution in [1.29, 1.82) is 0 Å². The predicted molar refractivity (Wildman–Crippen MR) is 247 cm³/mol. The van der Waals surface area contributed by atoms with Gasteiger partial charge >= 0.3 is 11.9 Å². The number of nitrogens with zero attached hydrogens (tertiary/aromatic N) is 6. The first-order valence-corrected chi connectivity index (χ1v) is 20.7. The highest BCUT2D eigenvalue weighted by molar-refractivity contribution is 5.79. The number of carboxylic acid groups (broad SMARTS) is 1. The summed E-state index contributed by atoms with van der Waals surface area (Å²) >= 11 is 0. The number of carbonyl (C=O) groups excluding carboxylic acids is 1. The van der Waals surface area contributed by atoms with Crippen LogP contribution in [0.25, 0.3) is 22.5 Å². The molecule has 3 N–H and O–H groups in total. The van der Waals surface area contributed by atoms with E-state index in [0.29, 0.717) is 42.7 Å². The van der Waals surface area contributed by atoms with Crippen LogP contribution in [0.5, 0.6) is 11.5 Å². The summed E-state index contributed by atoms with van der Waals surface area (Å²) in [7, 11) is 1.36. The number of aliphatic carboxylic acids is 1. The number of esters is 1. The van der Waals surface area contributed by atoms with E-state index in [2.05, 4.69) is 40.5 Å². The highest BCUT2D eigenvalue weighted by Crippen LogP contribution is 2.25. The fourth-order valence-corrected chi connectivity index (χ4v) is 6.46. The van der Waals surface area contributed by atoms with Crippen molar-refractivity contribution in [3.63, 3.8) is 0 Å². The molecule has 0 fully saturated rings. The van der Waals surface area contributed by atoms with Crippen LogP contribution in [0, 0.1) is 0 Å². The third-order valence-electron chi connectivity index (χ3n) is 9.84. The zero-order valence-electron chi connectivity index (χ0n) is 35.5. The summed E-state index contributed by atoms with van der Waals surface area (Å²) in [6.45, 7) is 1.00. The van der Waals surface area contributed by atoms with Crippen LogP contribution in [0.1, 0.15) is 22.5 Å². The average Bonchev–Trinajstić information content (AvgIpc) is 3.36. The van der Waals surface area contributed by atoms with Crippen molar-refractivity contribution in [2.24, 2.45) is 0 Å². The largest absolute Gasteiger partial charge is 0.489 e. The van der Waals surface area contributed by atoms with Crippen molar-refractivity contribution in [2.75, 3.05) is 17.7 Å². The monoisotopic (exact) mass is 866 g/mol. The Morgan fingerprint density at radius 3 is 1.37 bits per heavy atom. The molecule has 4 aromatic carbocycles. The van der Waals surface area contributed by atoms with Gasteiger partial charge in [0.25, 0.3) is 0 Å². The Morgan fingerprint density at radius 2 is 0.954 bits per heavy atom. The molecule has 0 bridgehead atoms. The molecule has 0 radical (unpaired) electrons. The van der Waals surface area contributed by atoms with Crippen molar-refractivity contribution < 1.29 is 28.9 Å². The molecule has 0 amide bonds. The maximum Gasteiger partial charge on any atom is 0.328 e. The van der Waals surface area contributed by atoms with E-state index in [4.69, 9.17) is 14.2 Å². The van der Waals surface area contributed by atoms with Crippen LogP contribution in [-0.2, 0) is 40.4 Å². The summed E-state index contributed by atoms with van der Waals surface area (Å²) in [4.78, 5) is 49.7. The Bertz CT molecular complexity index is 2700. The molecule has 4 heterocycles. The number of pyridine rings is 2. The number of ether oxygens (including phenoxy) is 3. The fraction of sp³-hybridized carbons (Fsp3) is 0.137. The molecule has 65 heavy (non-hydrogen) atoms. The summed E-state index contributed by atoms with van der Waals surface area (Å²) in [5, 5.41) is 15.7. The van der Waals surface area contributed by atoms with Crippen LogP contribution < -0.4 is 20.1 Å². The van der Waals surface area contributed by atoms with E-state index >= 15 is 0 Å². The number of hydrogen-bond acceptors (Lipinski definition) is 13. The molecule has 8 rings (SSSR count). The summed E-state index contributed by atoms with van der Waals surface area (Å²) in [5.41, 5.74) is 6.86. The minimum atomic E-state index is -0.976. The third kappa shape index (κ3) is 13.7. The van der Waals surface area contributed by atoms with Crippen molar-refractivity contribution >= 4 is 23.6 Å². The number of aromatic nitrogens is 6. The molecule has 4 aromatic heterocycles. The molecule has 0 aliphatic carbocycles. The highest BCUT2D eigenvalue weighted by atomic mass is 16.5. The van der Waals surface area contributed by atoms with E-state index in [1.165, 1.54) is 19.8 Å². The molecule has 2 atom stereocenters. The Morgan fingerprint density at radius 1 is 0.523 bits per heavy atom. The van der Waals surface area contributed by atoms with Crippen LogP contribution in [0.15, 0.2) is 183 Å². The van der Waals surface area contributed by atoms with Crippen molar-refractivity contribution in [3.05, 3.63) is 205 Å². The van der Waals surface area contributed by atoms with Gasteiger partial charge in [-0.05, 0) is 83.9 Å². The van der Waals surface area contributed by atoms with Gasteiger partial charge in [0, 0.05) is 59.9 Å². The zero-order chi connectivity index (χ0) is 45.1. The number of carbonyl (C=O) groups is 2. The van der Waals surface area contributed by atoms with Crippen molar-refractivity contribution in [3.8, 4) is 34.0 Å². The molecule has 0 aliphatic rings. The minimum absolute atomic E-state index is 0.239. The first kappa shape index (κ1) is 44.5. The molecule has 0 unspecified atom stereocenters. The molecule has 0 aliphatic heterocycles. The molecular formula is C51H46N8O6. The zero-order valence-corrected chi connectivity index (χ0v) is 35.5. The lowest BCUT2D eigenvalue weighted by atomic mass is 10.1. The molecule has 14 heteroatoms. The van der Waals surface area contributed by atoms with Gasteiger partial charge in [0.2, 0.25) is 0 Å². The van der Waals surface area contributed by atoms with Crippen LogP contribution in [0.3, 0.4) is 0 Å². The van der Waals surface area contributed by atoms with Gasteiger partial charge in [0.15, 0.2) is 0 Å². The Kier molecular flexibility index (Phi) is 15.8. The van der Waals surface area contributed by atoms with Crippen LogP contribution >= 0.6 is 0 Å². The lowest BCUT2D eigenvalue weighted by Crippen LogP contribution is -2.33. The summed E-state index contributed by atoms with van der Waals surface area (Å²) in [6.07, 6.45) is 6.83. The predicted octanol–water partition coefficient (Wildman–Crippen LogP) is 8.54. The van der Waals surface area contributed by atoms with E-state index in [-0.39, 0.29) is 12.4 Å². The first-order valence-electron chi connectivity index (χ1n) is 20.7. The number of benzene rings is 4. The maximum atomic E-state index is 12.3. The van der Waals surface area contributed by atoms with E-state index in [1.807, 2.05) is 133 Å². The number of nitrogens with one attached hydrogen (secondary N) is 2. The first-order chi connectivity index (χ1) is 31.9. The highest BCUT2D eigenvalue weighted by Gasteiger charge is 2.22. The van der Waals surface area contributed by atoms with Crippen molar-refractivity contribution in [2.45, 2.75) is 38.1 Å². The number of methoxy groups -OCH3 is 1. The molecule has 14 nitrogen and oxygen atoms in total. The number of carboxylic acids is 1. The van der Waals surface area contributed by atoms with Gasteiger partial charge in [-0.25, -0.2) is 29.5 Å². The summed E-state index contributed by atoms with van der Waals surface area (Å²) in [6, 6.07) is 48.3. The number of rotatable bonds is 18. The van der Waals surface area contributed by atoms with Crippen LogP contribution in [0.2, 0.25) is 0 Å². The van der Waals surface area contributed by atoms with Crippen molar-refractivity contribution in [1.82, 2.24) is 29.9 Å². The Hall–Kier alpha value is -8.52. The Labute approximate surface area is 376 Å². The second-order valence-corrected chi connectivity index (χ2v) is 14.5. The van der Waals surface area contributed by atoms with Gasteiger partial charge in [0.1, 0.15) is 61.1 Å². The fourth-order valence-electron chi connectivity index (χ4n) is 6.46. The van der Waals surface area contributed by atoms with E-state index in [1.54, 1.807) is 36.7 Å². The quantitative estimate of drug-likeness (QED) is 0.0698. The second-order valence-electron chi connectivity index (χ2n) is 14.5. The average molecular weight is 867 g/mol. The maximum absolute atomic E-state index is 12.3. The summed E-state index contributed by atoms with van der Waals surface area (Å²) < 4.78 is 16.6. The van der Waals surface area contributed by atoms with E-state index in [9.17, 15) is 14.7 Å². The van der Waals surface area contributed by atoms with Gasteiger partial charge in [-0.1, -0.05) is 72.8 Å². The van der Waals surface area contributed by atoms with Crippen LogP contribution in [0.4, 0.5) is 11.6 Å². The SMILES string of the molecule is COC(=O)[C@@H](Cc1ccccn1)Nc1cc(-c2ccc(OCc3ccccc3)cc2)ncn1.O=C(O)[C@@H](Cc1ccccn1)Nc1cc(-c2ccc(OCc3ccccc3)cc2)ncn1. The number of hydrogen-bond donors (Lipinski definition) is 3. The van der Waals surface area contributed by atoms with Gasteiger partial charge in [-0.3, -0.25) is 9.97 Å². The number of anilines is 2. The molecular weight excluding hydrogens is 821 g/mol. The smallest absolute Gasteiger partial charge is 0.328 e. The van der Waals surface area contributed by atoms with E-state index < -0.39 is 18.1 Å². The molecule has 0 saturated heterocycles. The Balaban J connectivity index is 0.000000194. The van der Waals surface area contributed by atoms with E-state index in [0.717, 1.165) is 45.1 Å². The van der Waals surface area contributed by atoms with Gasteiger partial charge in [-0.2, -0.15) is 0 Å². The summed E-state index contributed by atoms with van der Waals surface area (Å²) in [5.74, 6) is 1.12. The van der Waals surface area contributed by atoms with Crippen LogP contribution in [-0.4, -0.2) is 66.1 Å². The van der Waals surface area contributed by atoms with Gasteiger partial charge in [0.05, 0.1) is 18.5 Å². The topological polar surface area (TPSA) is 183 Å². The standard InChI is InChI=1S/C26H24N4O3.C25H22N4O3/c1-32-26(31)24(15-21-9-5-6-14-27-21)30-25-16-23(28-18-29-25)20-10-12-22(13-11-20)33-17-19-7-3-2-4-8-19;30-25(31)23(14-20-8-4-5-13-26-20)29-24-15-22(27-17-28-24)19-9-11-21(12-10-19)32-16-18-6-2-1-3-7-18/h2-14,16,18,24H,15,17H2,1H3,(H,28,29,30);1-13,15,17,23H,14,16H2,(H,30,31)(H,27,28,29)/t24-;23-/m11/s1. The minimum Gasteiger partial charge on any atom is -0.489 e. The second kappa shape index (κ2) is 23.1.